The van der Waals surface area contributed by atoms with Crippen molar-refractivity contribution >= 4 is 41.7 Å². The van der Waals surface area contributed by atoms with E-state index in [9.17, 15) is 0 Å². The summed E-state index contributed by atoms with van der Waals surface area (Å²) in [7, 11) is 0. The number of nitrogens with zero attached hydrogens (tertiary/aromatic N) is 2. The van der Waals surface area contributed by atoms with Gasteiger partial charge in [-0.15, -0.1) is 35.7 Å². The monoisotopic (exact) mass is 502 g/mol. The van der Waals surface area contributed by atoms with Gasteiger partial charge < -0.3 is 15.1 Å². The zero-order valence-electron chi connectivity index (χ0n) is 16.8. The van der Waals surface area contributed by atoms with Crippen LogP contribution in [0.25, 0.3) is 0 Å². The van der Waals surface area contributed by atoms with Crippen molar-refractivity contribution < 1.29 is 4.42 Å². The van der Waals surface area contributed by atoms with Crippen LogP contribution in [0, 0.1) is 0 Å². The van der Waals surface area contributed by atoms with Crippen LogP contribution in [0.4, 0.5) is 0 Å². The van der Waals surface area contributed by atoms with Crippen LogP contribution < -0.4 is 10.6 Å². The number of guanidine groups is 1. The Morgan fingerprint density at radius 1 is 1.22 bits per heavy atom. The van der Waals surface area contributed by atoms with Crippen molar-refractivity contribution in [2.75, 3.05) is 13.1 Å². The van der Waals surface area contributed by atoms with Crippen molar-refractivity contribution in [1.29, 1.82) is 0 Å². The van der Waals surface area contributed by atoms with E-state index in [0.717, 1.165) is 24.8 Å². The van der Waals surface area contributed by atoms with Gasteiger partial charge in [0.15, 0.2) is 5.96 Å². The first-order valence-corrected chi connectivity index (χ1v) is 9.95. The van der Waals surface area contributed by atoms with Gasteiger partial charge in [0.05, 0.1) is 6.20 Å². The van der Waals surface area contributed by atoms with Gasteiger partial charge in [0.2, 0.25) is 5.89 Å². The maximum absolute atomic E-state index is 5.80. The Bertz CT molecular complexity index is 698. The third kappa shape index (κ3) is 8.55. The molecule has 0 aliphatic carbocycles. The van der Waals surface area contributed by atoms with Gasteiger partial charge in [0, 0.05) is 28.6 Å². The number of thioether (sulfide) groups is 1. The third-order valence-electron chi connectivity index (χ3n) is 3.65. The summed E-state index contributed by atoms with van der Waals surface area (Å²) in [6, 6.07) is 10.4. The summed E-state index contributed by atoms with van der Waals surface area (Å²) in [5.74, 6) is 2.30. The third-order valence-corrected chi connectivity index (χ3v) is 4.76. The highest BCUT2D eigenvalue weighted by Crippen LogP contribution is 2.23. The molecule has 5 nitrogen and oxygen atoms in total. The molecule has 1 heterocycles. The quantitative estimate of drug-likeness (QED) is 0.246. The Hall–Kier alpha value is -1.22. The van der Waals surface area contributed by atoms with Gasteiger partial charge in [-0.1, -0.05) is 45.9 Å². The number of rotatable bonds is 7. The molecule has 150 valence electrons. The van der Waals surface area contributed by atoms with E-state index in [2.05, 4.69) is 79.5 Å². The predicted molar refractivity (Wildman–Crippen MR) is 125 cm³/mol. The molecule has 27 heavy (non-hydrogen) atoms. The maximum atomic E-state index is 5.80. The first-order chi connectivity index (χ1) is 12.4. The summed E-state index contributed by atoms with van der Waals surface area (Å²) in [4.78, 5) is 10.2. The molecule has 1 atom stereocenters. The Balaban J connectivity index is 0.00000364. The highest BCUT2D eigenvalue weighted by atomic mass is 127. The predicted octanol–water partition coefficient (Wildman–Crippen LogP) is 4.83. The van der Waals surface area contributed by atoms with Gasteiger partial charge in [-0.25, -0.2) is 9.98 Å². The zero-order valence-corrected chi connectivity index (χ0v) is 19.9. The summed E-state index contributed by atoms with van der Waals surface area (Å²) in [5.41, 5.74) is -0.0399. The average Bonchev–Trinajstić information content (AvgIpc) is 3.08. The smallest absolute Gasteiger partial charge is 0.216 e. The van der Waals surface area contributed by atoms with E-state index in [1.54, 1.807) is 6.20 Å². The molecule has 0 amide bonds. The van der Waals surface area contributed by atoms with Crippen LogP contribution in [0.5, 0.6) is 0 Å². The number of aromatic nitrogens is 1. The first-order valence-electron chi connectivity index (χ1n) is 9.07. The van der Waals surface area contributed by atoms with E-state index in [0.29, 0.717) is 17.7 Å². The molecule has 7 heteroatoms. The van der Waals surface area contributed by atoms with Crippen LogP contribution in [-0.4, -0.2) is 29.3 Å². The molecule has 0 radical (unpaired) electrons. The van der Waals surface area contributed by atoms with Gasteiger partial charge in [-0.05, 0) is 19.1 Å². The minimum Gasteiger partial charge on any atom is -0.443 e. The summed E-state index contributed by atoms with van der Waals surface area (Å²) in [5, 5.41) is 7.09. The minimum absolute atomic E-state index is 0. The van der Waals surface area contributed by atoms with E-state index >= 15 is 0 Å². The van der Waals surface area contributed by atoms with Crippen molar-refractivity contribution in [3.8, 4) is 0 Å². The van der Waals surface area contributed by atoms with Crippen molar-refractivity contribution in [2.45, 2.75) is 56.7 Å². The summed E-state index contributed by atoms with van der Waals surface area (Å²) in [6.07, 6.45) is 1.80. The lowest BCUT2D eigenvalue weighted by Gasteiger charge is -2.15. The van der Waals surface area contributed by atoms with Crippen LogP contribution in [0.2, 0.25) is 0 Å². The van der Waals surface area contributed by atoms with Gasteiger partial charge in [-0.2, -0.15) is 0 Å². The zero-order chi connectivity index (χ0) is 19.0. The topological polar surface area (TPSA) is 62.5 Å². The highest BCUT2D eigenvalue weighted by Gasteiger charge is 2.19. The lowest BCUT2D eigenvalue weighted by atomic mass is 9.94. The van der Waals surface area contributed by atoms with Crippen LogP contribution in [0.3, 0.4) is 0 Å². The Kier molecular flexibility index (Phi) is 10.2. The highest BCUT2D eigenvalue weighted by molar-refractivity contribution is 14.0. The molecule has 0 bridgehead atoms. The molecule has 2 N–H and O–H groups in total. The van der Waals surface area contributed by atoms with E-state index in [4.69, 9.17) is 4.42 Å². The normalized spacial score (nSPS) is 13.0. The van der Waals surface area contributed by atoms with E-state index in [1.807, 2.05) is 17.8 Å². The van der Waals surface area contributed by atoms with E-state index in [-0.39, 0.29) is 29.4 Å². The summed E-state index contributed by atoms with van der Waals surface area (Å²) in [6.45, 7) is 12.6. The number of oxazole rings is 1. The fourth-order valence-electron chi connectivity index (χ4n) is 2.23. The van der Waals surface area contributed by atoms with E-state index in [1.165, 1.54) is 4.90 Å². The fourth-order valence-corrected chi connectivity index (χ4v) is 3.18. The lowest BCUT2D eigenvalue weighted by molar-refractivity contribution is 0.383. The van der Waals surface area contributed by atoms with Gasteiger partial charge in [0.1, 0.15) is 12.3 Å². The number of aliphatic imine (C=N–C) groups is 1. The summed E-state index contributed by atoms with van der Waals surface area (Å²) >= 11 is 1.85. The largest absolute Gasteiger partial charge is 0.443 e. The second-order valence-electron chi connectivity index (χ2n) is 7.19. The molecule has 1 aromatic heterocycles. The molecule has 0 spiro atoms. The Morgan fingerprint density at radius 3 is 2.52 bits per heavy atom. The van der Waals surface area contributed by atoms with Crippen molar-refractivity contribution in [3.05, 3.63) is 48.2 Å². The van der Waals surface area contributed by atoms with Crippen molar-refractivity contribution in [1.82, 2.24) is 15.6 Å². The molecule has 0 fully saturated rings. The van der Waals surface area contributed by atoms with Gasteiger partial charge >= 0.3 is 0 Å². The first kappa shape index (κ1) is 23.8. The minimum atomic E-state index is -0.0399. The van der Waals surface area contributed by atoms with Crippen LogP contribution in [0.15, 0.2) is 50.8 Å². The van der Waals surface area contributed by atoms with Crippen molar-refractivity contribution in [2.24, 2.45) is 4.99 Å². The standard InChI is InChI=1S/C20H30N4OS.HI/c1-6-21-19(23-12-15(2)26-16-10-8-7-9-11-16)24-14-18-22-13-17(25-18)20(3,4)5;/h7-11,13,15H,6,12,14H2,1-5H3,(H2,21,23,24);1H. The summed E-state index contributed by atoms with van der Waals surface area (Å²) < 4.78 is 5.80. The SMILES string of the molecule is CCNC(=NCc1ncc(C(C)(C)C)o1)NCC(C)Sc1ccccc1.I. The molecule has 0 aliphatic heterocycles. The molecule has 1 aromatic carbocycles. The molecule has 1 unspecified atom stereocenters. The molecule has 2 rings (SSSR count). The average molecular weight is 502 g/mol. The number of halogens is 1. The molecule has 0 aliphatic rings. The van der Waals surface area contributed by atoms with Crippen molar-refractivity contribution in [3.63, 3.8) is 0 Å². The van der Waals surface area contributed by atoms with E-state index < -0.39 is 0 Å². The molecule has 0 saturated carbocycles. The number of hydrogen-bond acceptors (Lipinski definition) is 4. The second kappa shape index (κ2) is 11.6. The molecule has 2 aromatic rings. The number of nitrogens with one attached hydrogen (secondary N) is 2. The second-order valence-corrected chi connectivity index (χ2v) is 8.70. The fraction of sp³-hybridized carbons (Fsp3) is 0.500. The van der Waals surface area contributed by atoms with Crippen LogP contribution in [0.1, 0.15) is 46.3 Å². The van der Waals surface area contributed by atoms with Gasteiger partial charge in [0.25, 0.3) is 0 Å². The maximum Gasteiger partial charge on any atom is 0.216 e. The van der Waals surface area contributed by atoms with Crippen LogP contribution >= 0.6 is 35.7 Å². The molecule has 0 saturated heterocycles. The Labute approximate surface area is 184 Å². The number of hydrogen-bond donors (Lipinski definition) is 2. The Morgan fingerprint density at radius 2 is 1.93 bits per heavy atom. The van der Waals surface area contributed by atoms with Crippen LogP contribution in [-0.2, 0) is 12.0 Å². The number of benzene rings is 1. The lowest BCUT2D eigenvalue weighted by Crippen LogP contribution is -2.40. The molecular weight excluding hydrogens is 471 g/mol. The molecular formula is C20H31IN4OS. The van der Waals surface area contributed by atoms with Gasteiger partial charge in [-0.3, -0.25) is 0 Å².